The summed E-state index contributed by atoms with van der Waals surface area (Å²) in [6.07, 6.45) is 11.1. The number of benzene rings is 5. The van der Waals surface area contributed by atoms with Crippen molar-refractivity contribution in [3.63, 3.8) is 0 Å². The number of aromatic amines is 4. The highest BCUT2D eigenvalue weighted by Gasteiger charge is 2.57. The number of aliphatic hydroxyl groups excluding tert-OH is 1. The van der Waals surface area contributed by atoms with Crippen molar-refractivity contribution < 1.29 is 28.2 Å². The molecule has 10 nitrogen and oxygen atoms in total. The number of rotatable bonds is 9. The molecule has 12 heteroatoms. The molecule has 2 aliphatic heterocycles. The summed E-state index contributed by atoms with van der Waals surface area (Å²) in [6.45, 7) is 6.98. The Kier molecular flexibility index (Phi) is 11.8. The molecule has 6 heterocycles. The molecule has 0 bridgehead atoms. The Morgan fingerprint density at radius 1 is 0.653 bits per heavy atom. The molecule has 4 aromatic heterocycles. The monoisotopic (exact) mass is 956 g/mol. The van der Waals surface area contributed by atoms with Crippen molar-refractivity contribution in [3.05, 3.63) is 202 Å². The van der Waals surface area contributed by atoms with E-state index in [1.54, 1.807) is 48.6 Å². The van der Waals surface area contributed by atoms with E-state index in [1.165, 1.54) is 0 Å². The smallest absolute Gasteiger partial charge is 0.193 e. The van der Waals surface area contributed by atoms with E-state index in [0.29, 0.717) is 67.2 Å². The molecule has 5 N–H and O–H groups in total. The van der Waals surface area contributed by atoms with Crippen molar-refractivity contribution in [1.29, 1.82) is 0 Å². The Bertz CT molecular complexity index is 3540. The first-order valence-electron chi connectivity index (χ1n) is 24.4. The summed E-state index contributed by atoms with van der Waals surface area (Å²) in [5, 5.41) is 15.5. The summed E-state index contributed by atoms with van der Waals surface area (Å²) >= 11 is 0. The predicted molar refractivity (Wildman–Crippen MR) is 276 cm³/mol. The average Bonchev–Trinajstić information content (AvgIpc) is 4.26. The number of carbonyl (C=O) groups excluding carboxylic acids is 1. The zero-order valence-electron chi connectivity index (χ0n) is 39.3. The second-order valence-corrected chi connectivity index (χ2v) is 18.8. The van der Waals surface area contributed by atoms with E-state index < -0.39 is 34.4 Å². The van der Waals surface area contributed by atoms with Gasteiger partial charge in [-0.1, -0.05) is 109 Å². The van der Waals surface area contributed by atoms with E-state index >= 15 is 13.6 Å². The first-order chi connectivity index (χ1) is 35.3. The molecule has 5 aromatic carbocycles. The van der Waals surface area contributed by atoms with Crippen LogP contribution in [0.1, 0.15) is 45.0 Å². The van der Waals surface area contributed by atoms with Crippen LogP contribution in [0.15, 0.2) is 152 Å². The van der Waals surface area contributed by atoms with Crippen molar-refractivity contribution in [3.8, 4) is 23.7 Å². The van der Waals surface area contributed by atoms with Crippen molar-refractivity contribution in [2.45, 2.75) is 24.6 Å². The lowest BCUT2D eigenvalue weighted by atomic mass is 9.51. The minimum absolute atomic E-state index is 0.101. The molecule has 3 aliphatic rings. The summed E-state index contributed by atoms with van der Waals surface area (Å²) in [5.41, 5.74) is 2.69. The van der Waals surface area contributed by atoms with Gasteiger partial charge in [-0.25, -0.2) is 8.78 Å². The summed E-state index contributed by atoms with van der Waals surface area (Å²) in [6, 6.07) is 31.6. The van der Waals surface area contributed by atoms with Crippen LogP contribution in [0.2, 0.25) is 0 Å². The van der Waals surface area contributed by atoms with Crippen LogP contribution in [-0.4, -0.2) is 93.2 Å². The predicted octanol–water partition coefficient (Wildman–Crippen LogP) is 9.73. The number of hydrogen-bond acceptors (Lipinski definition) is 6. The first-order valence-corrected chi connectivity index (χ1v) is 24.4. The Balaban J connectivity index is 1.10. The average molecular weight is 957 g/mol. The van der Waals surface area contributed by atoms with Gasteiger partial charge in [0.25, 0.3) is 0 Å². The van der Waals surface area contributed by atoms with E-state index in [0.717, 1.165) is 69.9 Å². The highest BCUT2D eigenvalue weighted by atomic mass is 19.1. The van der Waals surface area contributed by atoms with E-state index in [1.807, 2.05) is 97.6 Å². The number of nitrogens with zero attached hydrogens (tertiary/aromatic N) is 2. The fourth-order valence-electron chi connectivity index (χ4n) is 11.0. The lowest BCUT2D eigenvalue weighted by molar-refractivity contribution is -0.124. The standard InChI is InChI=1S/C60H50F2N6O4/c61-53-41(10-14-48-44(35-65-55(48)53)37-67-25-29-71-30-26-67)16-21-59(22-17-42-11-15-49-45(36-66-56(49)54(42)62)38-68-27-31-72-32-28-68)20-4-7-50(58(70)57(69)43-5-2-1-3-6-43)60(59,46-12-8-39-18-23-63-51(39)33-46)47-13-9-40-19-24-64-52(40)34-47/h1-15,18-20,23-24,33-36,57,63-66,69H,25-32,37-38H2. The molecular weight excluding hydrogens is 907 g/mol. The summed E-state index contributed by atoms with van der Waals surface area (Å²) in [7, 11) is 0. The van der Waals surface area contributed by atoms with Gasteiger partial charge in [0.05, 0.1) is 54.0 Å². The molecule has 358 valence electrons. The third-order valence-electron chi connectivity index (χ3n) is 14.8. The molecule has 0 spiro atoms. The minimum atomic E-state index is -1.76. The van der Waals surface area contributed by atoms with Gasteiger partial charge < -0.3 is 34.5 Å². The van der Waals surface area contributed by atoms with E-state index in [9.17, 15) is 5.11 Å². The van der Waals surface area contributed by atoms with Crippen molar-refractivity contribution in [1.82, 2.24) is 29.7 Å². The van der Waals surface area contributed by atoms with Gasteiger partial charge in [0.1, 0.15) is 11.5 Å². The Hall–Kier alpha value is -7.81. The fraction of sp³-hybridized carbons (Fsp3) is 0.217. The van der Waals surface area contributed by atoms with Crippen LogP contribution < -0.4 is 0 Å². The summed E-state index contributed by atoms with van der Waals surface area (Å²) in [4.78, 5) is 33.3. The Labute approximate surface area is 414 Å². The van der Waals surface area contributed by atoms with Gasteiger partial charge in [-0.15, -0.1) is 0 Å². The highest BCUT2D eigenvalue weighted by molar-refractivity contribution is 6.04. The van der Waals surface area contributed by atoms with Crippen LogP contribution >= 0.6 is 0 Å². The van der Waals surface area contributed by atoms with Crippen LogP contribution in [0, 0.1) is 40.7 Å². The number of nitrogens with one attached hydrogen (secondary N) is 4. The number of allylic oxidation sites excluding steroid dienone is 3. The lowest BCUT2D eigenvalue weighted by Crippen LogP contribution is -2.50. The topological polar surface area (TPSA) is 125 Å². The van der Waals surface area contributed by atoms with E-state index in [-0.39, 0.29) is 16.7 Å². The molecule has 1 aliphatic carbocycles. The SMILES string of the molecule is O=C(C1=CC=CC(C#Cc2ccc3c(CN4CCOCC4)c[nH]c3c2F)(C#Cc2ccc3c(CN4CCOCC4)c[nH]c3c2F)C1(c1ccc2cc[nH]c2c1)c1ccc2cc[nH]c2c1)C(O)c1ccccc1. The van der Waals surface area contributed by atoms with Gasteiger partial charge in [-0.2, -0.15) is 0 Å². The number of carbonyl (C=O) groups is 1. The highest BCUT2D eigenvalue weighted by Crippen LogP contribution is 2.56. The number of ketones is 1. The second kappa shape index (κ2) is 18.7. The number of aliphatic hydroxyl groups is 1. The van der Waals surface area contributed by atoms with E-state index in [4.69, 9.17) is 9.47 Å². The molecule has 2 fully saturated rings. The third kappa shape index (κ3) is 7.85. The zero-order valence-corrected chi connectivity index (χ0v) is 39.3. The summed E-state index contributed by atoms with van der Waals surface area (Å²) in [5.74, 6) is 11.9. The number of aromatic nitrogens is 4. The molecule has 72 heavy (non-hydrogen) atoms. The zero-order chi connectivity index (χ0) is 48.8. The Morgan fingerprint density at radius 2 is 1.17 bits per heavy atom. The van der Waals surface area contributed by atoms with Crippen molar-refractivity contribution >= 4 is 49.4 Å². The largest absolute Gasteiger partial charge is 0.380 e. The minimum Gasteiger partial charge on any atom is -0.380 e. The molecule has 0 saturated carbocycles. The van der Waals surface area contributed by atoms with Gasteiger partial charge in [-0.3, -0.25) is 14.6 Å². The number of ether oxygens (including phenoxy) is 2. The van der Waals surface area contributed by atoms with Gasteiger partial charge in [-0.05, 0) is 75.0 Å². The molecule has 0 radical (unpaired) electrons. The van der Waals surface area contributed by atoms with Crippen molar-refractivity contribution in [2.75, 3.05) is 52.6 Å². The first kappa shape index (κ1) is 45.3. The second-order valence-electron chi connectivity index (χ2n) is 18.8. The van der Waals surface area contributed by atoms with Crippen LogP contribution in [0.4, 0.5) is 8.78 Å². The fourth-order valence-corrected chi connectivity index (χ4v) is 11.0. The number of morpholine rings is 2. The molecule has 1 unspecified atom stereocenters. The van der Waals surface area contributed by atoms with Crippen LogP contribution in [0.5, 0.6) is 0 Å². The van der Waals surface area contributed by atoms with Crippen LogP contribution in [-0.2, 0) is 32.8 Å². The van der Waals surface area contributed by atoms with E-state index in [2.05, 4.69) is 53.4 Å². The maximum atomic E-state index is 17.2. The number of hydrogen-bond donors (Lipinski definition) is 5. The molecule has 0 amide bonds. The maximum absolute atomic E-state index is 17.2. The third-order valence-corrected chi connectivity index (χ3v) is 14.8. The van der Waals surface area contributed by atoms with Gasteiger partial charge in [0.2, 0.25) is 0 Å². The quantitative estimate of drug-likeness (QED) is 0.0919. The van der Waals surface area contributed by atoms with Crippen molar-refractivity contribution in [2.24, 2.45) is 5.41 Å². The number of fused-ring (bicyclic) bond motifs is 4. The summed E-state index contributed by atoms with van der Waals surface area (Å²) < 4.78 is 45.5. The molecule has 2 saturated heterocycles. The molecular formula is C60H50F2N6O4. The van der Waals surface area contributed by atoms with Crippen LogP contribution in [0.25, 0.3) is 43.6 Å². The molecule has 12 rings (SSSR count). The molecule has 1 atom stereocenters. The normalized spacial score (nSPS) is 17.4. The maximum Gasteiger partial charge on any atom is 0.193 e. The number of H-pyrrole nitrogens is 4. The number of halogens is 2. The van der Waals surface area contributed by atoms with Gasteiger partial charge >= 0.3 is 0 Å². The van der Waals surface area contributed by atoms with Gasteiger partial charge in [0.15, 0.2) is 17.4 Å². The van der Waals surface area contributed by atoms with Crippen LogP contribution in [0.3, 0.4) is 0 Å². The Morgan fingerprint density at radius 3 is 1.68 bits per heavy atom. The number of Topliss-reactive ketones (excluding diaryl/α,β-unsaturated/α-hetero) is 1. The molecule has 9 aromatic rings. The van der Waals surface area contributed by atoms with Gasteiger partial charge in [0, 0.05) is 91.4 Å². The lowest BCUT2D eigenvalue weighted by Gasteiger charge is -2.47.